The molecule has 0 amide bonds. The zero-order valence-electron chi connectivity index (χ0n) is 9.25. The van der Waals surface area contributed by atoms with Crippen LogP contribution in [0.3, 0.4) is 0 Å². The molecular formula is C11H12N2O4. The summed E-state index contributed by atoms with van der Waals surface area (Å²) in [6, 6.07) is 4.31. The number of rotatable bonds is 4. The SMILES string of the molecule is COCCc1noc(-c2ccc(O)c(O)c2)n1. The van der Waals surface area contributed by atoms with Crippen LogP contribution >= 0.6 is 0 Å². The maximum absolute atomic E-state index is 9.35. The third-order valence-corrected chi connectivity index (χ3v) is 2.22. The molecule has 17 heavy (non-hydrogen) atoms. The van der Waals surface area contributed by atoms with Gasteiger partial charge in [0.1, 0.15) is 0 Å². The standard InChI is InChI=1S/C11H12N2O4/c1-16-5-4-10-12-11(17-13-10)7-2-3-8(14)9(15)6-7/h2-3,6,14-15H,4-5H2,1H3. The quantitative estimate of drug-likeness (QED) is 0.778. The summed E-state index contributed by atoms with van der Waals surface area (Å²) in [7, 11) is 1.60. The summed E-state index contributed by atoms with van der Waals surface area (Å²) in [5, 5.41) is 22.3. The van der Waals surface area contributed by atoms with Crippen LogP contribution in [0.15, 0.2) is 22.7 Å². The molecule has 90 valence electrons. The van der Waals surface area contributed by atoms with Gasteiger partial charge in [0.25, 0.3) is 5.89 Å². The summed E-state index contributed by atoms with van der Waals surface area (Å²) in [4.78, 5) is 4.14. The molecule has 0 aliphatic carbocycles. The summed E-state index contributed by atoms with van der Waals surface area (Å²) in [6.07, 6.45) is 0.560. The lowest BCUT2D eigenvalue weighted by molar-refractivity contribution is 0.199. The predicted octanol–water partition coefficient (Wildman–Crippen LogP) is 1.34. The number of methoxy groups -OCH3 is 1. The highest BCUT2D eigenvalue weighted by atomic mass is 16.5. The molecule has 6 nitrogen and oxygen atoms in total. The van der Waals surface area contributed by atoms with Crippen LogP contribution in [0, 0.1) is 0 Å². The van der Waals surface area contributed by atoms with Crippen LogP contribution in [-0.2, 0) is 11.2 Å². The van der Waals surface area contributed by atoms with Gasteiger partial charge in [-0.05, 0) is 18.2 Å². The van der Waals surface area contributed by atoms with Crippen molar-refractivity contribution in [1.82, 2.24) is 10.1 Å². The minimum atomic E-state index is -0.223. The van der Waals surface area contributed by atoms with Crippen LogP contribution in [-0.4, -0.2) is 34.1 Å². The maximum atomic E-state index is 9.35. The lowest BCUT2D eigenvalue weighted by Gasteiger charge is -1.98. The number of phenols is 2. The fourth-order valence-corrected chi connectivity index (χ4v) is 1.32. The minimum Gasteiger partial charge on any atom is -0.504 e. The highest BCUT2D eigenvalue weighted by Crippen LogP contribution is 2.29. The fraction of sp³-hybridized carbons (Fsp3) is 0.273. The number of nitrogens with zero attached hydrogens (tertiary/aromatic N) is 2. The van der Waals surface area contributed by atoms with Gasteiger partial charge in [-0.3, -0.25) is 0 Å². The van der Waals surface area contributed by atoms with Crippen molar-refractivity contribution < 1.29 is 19.5 Å². The van der Waals surface area contributed by atoms with Gasteiger partial charge >= 0.3 is 0 Å². The molecule has 0 spiro atoms. The number of ether oxygens (including phenoxy) is 1. The Bertz CT molecular complexity index is 510. The number of hydrogen-bond donors (Lipinski definition) is 2. The van der Waals surface area contributed by atoms with E-state index in [1.807, 2.05) is 0 Å². The van der Waals surface area contributed by atoms with E-state index in [9.17, 15) is 10.2 Å². The van der Waals surface area contributed by atoms with Crippen LogP contribution in [0.5, 0.6) is 11.5 Å². The molecule has 1 aromatic carbocycles. The Labute approximate surface area is 97.5 Å². The fourth-order valence-electron chi connectivity index (χ4n) is 1.32. The van der Waals surface area contributed by atoms with Gasteiger partial charge in [0.15, 0.2) is 17.3 Å². The molecule has 2 aromatic rings. The van der Waals surface area contributed by atoms with Gasteiger partial charge in [0.2, 0.25) is 0 Å². The van der Waals surface area contributed by atoms with Gasteiger partial charge in [-0.2, -0.15) is 4.98 Å². The zero-order valence-corrected chi connectivity index (χ0v) is 9.25. The lowest BCUT2D eigenvalue weighted by Crippen LogP contribution is -1.96. The van der Waals surface area contributed by atoms with E-state index in [0.717, 1.165) is 0 Å². The van der Waals surface area contributed by atoms with Crippen molar-refractivity contribution in [3.63, 3.8) is 0 Å². The van der Waals surface area contributed by atoms with Gasteiger partial charge in [-0.25, -0.2) is 0 Å². The van der Waals surface area contributed by atoms with Crippen LogP contribution in [0.1, 0.15) is 5.82 Å². The van der Waals surface area contributed by atoms with Gasteiger partial charge in [-0.15, -0.1) is 0 Å². The molecule has 2 N–H and O–H groups in total. The largest absolute Gasteiger partial charge is 0.504 e. The summed E-state index contributed by atoms with van der Waals surface area (Å²) < 4.78 is 9.93. The number of aromatic hydroxyl groups is 2. The second-order valence-electron chi connectivity index (χ2n) is 3.46. The molecule has 0 bridgehead atoms. The van der Waals surface area contributed by atoms with Gasteiger partial charge in [-0.1, -0.05) is 5.16 Å². The highest BCUT2D eigenvalue weighted by Gasteiger charge is 2.10. The van der Waals surface area contributed by atoms with Gasteiger partial charge in [0, 0.05) is 19.1 Å². The Morgan fingerprint density at radius 2 is 2.12 bits per heavy atom. The second kappa shape index (κ2) is 4.84. The first-order valence-electron chi connectivity index (χ1n) is 5.04. The first kappa shape index (κ1) is 11.4. The van der Waals surface area contributed by atoms with E-state index in [1.165, 1.54) is 12.1 Å². The first-order chi connectivity index (χ1) is 8.20. The number of benzene rings is 1. The van der Waals surface area contributed by atoms with Crippen molar-refractivity contribution in [2.75, 3.05) is 13.7 Å². The molecule has 6 heteroatoms. The van der Waals surface area contributed by atoms with Crippen LogP contribution < -0.4 is 0 Å². The van der Waals surface area contributed by atoms with E-state index in [4.69, 9.17) is 9.26 Å². The molecule has 1 aromatic heterocycles. The van der Waals surface area contributed by atoms with Crippen LogP contribution in [0.4, 0.5) is 0 Å². The molecule has 2 rings (SSSR count). The molecule has 0 aliphatic heterocycles. The average Bonchev–Trinajstić information content (AvgIpc) is 2.79. The van der Waals surface area contributed by atoms with Crippen molar-refractivity contribution in [3.8, 4) is 23.0 Å². The predicted molar refractivity (Wildman–Crippen MR) is 58.6 cm³/mol. The molecule has 0 radical (unpaired) electrons. The van der Waals surface area contributed by atoms with Crippen molar-refractivity contribution in [2.24, 2.45) is 0 Å². The van der Waals surface area contributed by atoms with Crippen molar-refractivity contribution >= 4 is 0 Å². The molecule has 1 heterocycles. The topological polar surface area (TPSA) is 88.6 Å². The molecule has 0 atom stereocenters. The van der Waals surface area contributed by atoms with Crippen molar-refractivity contribution in [3.05, 3.63) is 24.0 Å². The minimum absolute atomic E-state index is 0.187. The van der Waals surface area contributed by atoms with E-state index < -0.39 is 0 Å². The van der Waals surface area contributed by atoms with Crippen LogP contribution in [0.25, 0.3) is 11.5 Å². The lowest BCUT2D eigenvalue weighted by atomic mass is 10.2. The zero-order chi connectivity index (χ0) is 12.3. The molecule has 0 saturated heterocycles. The third kappa shape index (κ3) is 2.54. The van der Waals surface area contributed by atoms with Gasteiger partial charge in [0.05, 0.1) is 6.61 Å². The van der Waals surface area contributed by atoms with Crippen LogP contribution in [0.2, 0.25) is 0 Å². The smallest absolute Gasteiger partial charge is 0.258 e. The molecule has 0 aliphatic rings. The Balaban J connectivity index is 2.21. The Hall–Kier alpha value is -2.08. The summed E-state index contributed by atoms with van der Waals surface area (Å²) in [5.41, 5.74) is 0.552. The highest BCUT2D eigenvalue weighted by molar-refractivity contribution is 5.58. The van der Waals surface area contributed by atoms with Gasteiger partial charge < -0.3 is 19.5 Å². The normalized spacial score (nSPS) is 10.6. The Kier molecular flexibility index (Phi) is 3.24. The van der Waals surface area contributed by atoms with Crippen molar-refractivity contribution in [2.45, 2.75) is 6.42 Å². The Morgan fingerprint density at radius 3 is 2.82 bits per heavy atom. The molecule has 0 fully saturated rings. The van der Waals surface area contributed by atoms with E-state index in [1.54, 1.807) is 13.2 Å². The second-order valence-corrected chi connectivity index (χ2v) is 3.46. The monoisotopic (exact) mass is 236 g/mol. The number of aromatic nitrogens is 2. The molecule has 0 unspecified atom stereocenters. The summed E-state index contributed by atoms with van der Waals surface area (Å²) >= 11 is 0. The van der Waals surface area contributed by atoms with E-state index >= 15 is 0 Å². The average molecular weight is 236 g/mol. The molecular weight excluding hydrogens is 224 g/mol. The van der Waals surface area contributed by atoms with E-state index in [0.29, 0.717) is 30.3 Å². The van der Waals surface area contributed by atoms with E-state index in [-0.39, 0.29) is 11.5 Å². The number of hydrogen-bond acceptors (Lipinski definition) is 6. The van der Waals surface area contributed by atoms with Crippen molar-refractivity contribution in [1.29, 1.82) is 0 Å². The third-order valence-electron chi connectivity index (χ3n) is 2.22. The van der Waals surface area contributed by atoms with E-state index in [2.05, 4.69) is 10.1 Å². The Morgan fingerprint density at radius 1 is 1.29 bits per heavy atom. The maximum Gasteiger partial charge on any atom is 0.258 e. The molecule has 0 saturated carbocycles. The summed E-state index contributed by atoms with van der Waals surface area (Å²) in [5.74, 6) is 0.424. The summed E-state index contributed by atoms with van der Waals surface area (Å²) in [6.45, 7) is 0.514. The first-order valence-corrected chi connectivity index (χ1v) is 5.04. The number of phenolic OH excluding ortho intramolecular Hbond substituents is 2.